The monoisotopic (exact) mass is 312 g/mol. The fourth-order valence-electron chi connectivity index (χ4n) is 3.37. The minimum Gasteiger partial charge on any atom is -0.332 e. The van der Waals surface area contributed by atoms with Crippen LogP contribution >= 0.6 is 11.6 Å². The van der Waals surface area contributed by atoms with Gasteiger partial charge in [-0.1, -0.05) is 0 Å². The van der Waals surface area contributed by atoms with Crippen molar-refractivity contribution in [1.29, 1.82) is 0 Å². The first-order chi connectivity index (χ1) is 9.97. The lowest BCUT2D eigenvalue weighted by atomic mass is 10.0. The molecule has 2 aliphatic rings. The van der Waals surface area contributed by atoms with Gasteiger partial charge in [-0.3, -0.25) is 14.9 Å². The molecule has 112 valence electrons. The van der Waals surface area contributed by atoms with Gasteiger partial charge in [-0.2, -0.15) is 0 Å². The van der Waals surface area contributed by atoms with Crippen LogP contribution in [0.15, 0.2) is 18.2 Å². The molecule has 1 amide bonds. The van der Waals surface area contributed by atoms with Gasteiger partial charge < -0.3 is 4.90 Å². The Kier molecular flexibility index (Phi) is 3.57. The second-order valence-electron chi connectivity index (χ2n) is 5.59. The van der Waals surface area contributed by atoms with E-state index in [-0.39, 0.29) is 28.7 Å². The van der Waals surface area contributed by atoms with Gasteiger partial charge in [0, 0.05) is 23.5 Å². The minimum absolute atomic E-state index is 0.0494. The zero-order chi connectivity index (χ0) is 15.1. The van der Waals surface area contributed by atoms with E-state index in [1.54, 1.807) is 4.90 Å². The number of amides is 1. The van der Waals surface area contributed by atoms with Gasteiger partial charge in [0.05, 0.1) is 16.6 Å². The molecular formula is C14H14ClFN2O3. The lowest BCUT2D eigenvalue weighted by Crippen LogP contribution is -2.47. The van der Waals surface area contributed by atoms with Crippen molar-refractivity contribution < 1.29 is 14.1 Å². The summed E-state index contributed by atoms with van der Waals surface area (Å²) >= 11 is 6.16. The number of carbonyl (C=O) groups is 1. The number of rotatable bonds is 2. The molecule has 0 spiro atoms. The Labute approximate surface area is 125 Å². The van der Waals surface area contributed by atoms with Crippen LogP contribution in [0.3, 0.4) is 0 Å². The first-order valence-electron chi connectivity index (χ1n) is 6.88. The van der Waals surface area contributed by atoms with Crippen molar-refractivity contribution in [2.45, 2.75) is 43.1 Å². The van der Waals surface area contributed by atoms with Crippen molar-refractivity contribution >= 4 is 23.2 Å². The molecule has 7 heteroatoms. The summed E-state index contributed by atoms with van der Waals surface area (Å²) in [4.78, 5) is 24.2. The molecule has 2 saturated heterocycles. The Morgan fingerprint density at radius 1 is 1.33 bits per heavy atom. The average Bonchev–Trinajstić information content (AvgIpc) is 2.70. The number of hydrogen-bond donors (Lipinski definition) is 0. The highest BCUT2D eigenvalue weighted by atomic mass is 35.5. The number of alkyl halides is 1. The third kappa shape index (κ3) is 2.48. The molecule has 2 unspecified atom stereocenters. The number of nitrogens with zero attached hydrogens (tertiary/aromatic N) is 2. The van der Waals surface area contributed by atoms with E-state index in [9.17, 15) is 19.3 Å². The Balaban J connectivity index is 1.88. The number of non-ortho nitro benzene ring substituents is 1. The summed E-state index contributed by atoms with van der Waals surface area (Å²) in [5.74, 6) is -1.24. The third-order valence-corrected chi connectivity index (χ3v) is 4.66. The Morgan fingerprint density at radius 3 is 2.48 bits per heavy atom. The molecule has 5 nitrogen and oxygen atoms in total. The lowest BCUT2D eigenvalue weighted by molar-refractivity contribution is -0.385. The van der Waals surface area contributed by atoms with Crippen molar-refractivity contribution in [2.24, 2.45) is 0 Å². The van der Waals surface area contributed by atoms with Crippen molar-refractivity contribution in [1.82, 2.24) is 4.90 Å². The summed E-state index contributed by atoms with van der Waals surface area (Å²) in [6.45, 7) is 0. The number of fused-ring (bicyclic) bond motifs is 2. The minimum atomic E-state index is -0.846. The van der Waals surface area contributed by atoms with Crippen molar-refractivity contribution in [3.63, 3.8) is 0 Å². The Bertz CT molecular complexity index is 596. The Morgan fingerprint density at radius 2 is 1.95 bits per heavy atom. The maximum atomic E-state index is 14.0. The van der Waals surface area contributed by atoms with Crippen LogP contribution < -0.4 is 0 Å². The van der Waals surface area contributed by atoms with E-state index < -0.39 is 16.6 Å². The number of benzene rings is 1. The van der Waals surface area contributed by atoms with Gasteiger partial charge in [-0.25, -0.2) is 4.39 Å². The third-order valence-electron chi connectivity index (χ3n) is 4.30. The number of nitro groups is 1. The molecule has 2 bridgehead atoms. The normalized spacial score (nSPS) is 27.7. The molecule has 2 atom stereocenters. The largest absolute Gasteiger partial charge is 0.332 e. The van der Waals surface area contributed by atoms with Crippen LogP contribution in [-0.4, -0.2) is 33.2 Å². The highest BCUT2D eigenvalue weighted by Crippen LogP contribution is 2.39. The van der Waals surface area contributed by atoms with Crippen molar-refractivity contribution in [2.75, 3.05) is 0 Å². The summed E-state index contributed by atoms with van der Waals surface area (Å²) in [7, 11) is 0. The van der Waals surface area contributed by atoms with E-state index in [1.807, 2.05) is 0 Å². The zero-order valence-electron chi connectivity index (χ0n) is 11.2. The van der Waals surface area contributed by atoms with E-state index in [4.69, 9.17) is 11.6 Å². The summed E-state index contributed by atoms with van der Waals surface area (Å²) in [5, 5.41) is 10.7. The van der Waals surface area contributed by atoms with Gasteiger partial charge in [0.25, 0.3) is 11.6 Å². The molecule has 21 heavy (non-hydrogen) atoms. The lowest BCUT2D eigenvalue weighted by Gasteiger charge is -2.37. The SMILES string of the molecule is O=C(c1ccc([N+](=O)[O-])cc1F)N1C2CCC1CC(Cl)C2. The fraction of sp³-hybridized carbons (Fsp3) is 0.500. The summed E-state index contributed by atoms with van der Waals surface area (Å²) in [6.07, 6.45) is 3.21. The maximum absolute atomic E-state index is 14.0. The highest BCUT2D eigenvalue weighted by Gasteiger charge is 2.43. The number of carbonyl (C=O) groups excluding carboxylic acids is 1. The van der Waals surface area contributed by atoms with Gasteiger partial charge in [0.15, 0.2) is 0 Å². The van der Waals surface area contributed by atoms with Crippen LogP contribution in [0.2, 0.25) is 0 Å². The fourth-order valence-corrected chi connectivity index (χ4v) is 3.78. The second-order valence-corrected chi connectivity index (χ2v) is 6.20. The maximum Gasteiger partial charge on any atom is 0.272 e. The van der Waals surface area contributed by atoms with Crippen molar-refractivity contribution in [3.05, 3.63) is 39.7 Å². The quantitative estimate of drug-likeness (QED) is 0.479. The summed E-state index contributed by atoms with van der Waals surface area (Å²) < 4.78 is 14.0. The van der Waals surface area contributed by atoms with Gasteiger partial charge in [-0.15, -0.1) is 11.6 Å². The van der Waals surface area contributed by atoms with Crippen LogP contribution in [0, 0.1) is 15.9 Å². The molecule has 2 fully saturated rings. The van der Waals surface area contributed by atoms with E-state index in [2.05, 4.69) is 0 Å². The van der Waals surface area contributed by atoms with Gasteiger partial charge in [0.2, 0.25) is 0 Å². The topological polar surface area (TPSA) is 63.4 Å². The van der Waals surface area contributed by atoms with E-state index in [1.165, 1.54) is 6.07 Å². The predicted molar refractivity (Wildman–Crippen MR) is 74.9 cm³/mol. The first kappa shape index (κ1) is 14.3. The van der Waals surface area contributed by atoms with Crippen LogP contribution in [0.4, 0.5) is 10.1 Å². The predicted octanol–water partition coefficient (Wildman–Crippen LogP) is 3.11. The molecular weight excluding hydrogens is 299 g/mol. The molecule has 0 aliphatic carbocycles. The van der Waals surface area contributed by atoms with E-state index in [0.717, 1.165) is 37.8 Å². The molecule has 1 aromatic carbocycles. The summed E-state index contributed by atoms with van der Waals surface area (Å²) in [6, 6.07) is 3.25. The number of nitro benzene ring substituents is 1. The molecule has 3 rings (SSSR count). The van der Waals surface area contributed by atoms with E-state index >= 15 is 0 Å². The van der Waals surface area contributed by atoms with Crippen LogP contribution in [-0.2, 0) is 0 Å². The first-order valence-corrected chi connectivity index (χ1v) is 7.31. The van der Waals surface area contributed by atoms with Crippen LogP contribution in [0.1, 0.15) is 36.0 Å². The summed E-state index contributed by atoms with van der Waals surface area (Å²) in [5.41, 5.74) is -0.461. The molecule has 0 aromatic heterocycles. The number of piperidine rings is 1. The van der Waals surface area contributed by atoms with Gasteiger partial charge in [-0.05, 0) is 31.7 Å². The number of halogens is 2. The molecule has 0 radical (unpaired) electrons. The van der Waals surface area contributed by atoms with Gasteiger partial charge >= 0.3 is 0 Å². The standard InChI is InChI=1S/C14H14ClFN2O3/c15-8-5-9-1-2-10(6-8)17(9)14(19)12-4-3-11(18(20)21)7-13(12)16/h3-4,7-10H,1-2,5-6H2. The van der Waals surface area contributed by atoms with Crippen LogP contribution in [0.5, 0.6) is 0 Å². The average molecular weight is 313 g/mol. The molecule has 2 aliphatic heterocycles. The second kappa shape index (κ2) is 5.26. The Hall–Kier alpha value is -1.69. The number of hydrogen-bond acceptors (Lipinski definition) is 3. The van der Waals surface area contributed by atoms with E-state index in [0.29, 0.717) is 0 Å². The van der Waals surface area contributed by atoms with Crippen LogP contribution in [0.25, 0.3) is 0 Å². The molecule has 2 heterocycles. The highest BCUT2D eigenvalue weighted by molar-refractivity contribution is 6.20. The zero-order valence-corrected chi connectivity index (χ0v) is 11.9. The molecule has 0 saturated carbocycles. The van der Waals surface area contributed by atoms with Gasteiger partial charge in [0.1, 0.15) is 5.82 Å². The molecule has 1 aromatic rings. The smallest absolute Gasteiger partial charge is 0.272 e. The van der Waals surface area contributed by atoms with Crippen molar-refractivity contribution in [3.8, 4) is 0 Å². The molecule has 0 N–H and O–H groups in total.